The molecule has 9 heteroatoms. The van der Waals surface area contributed by atoms with Crippen LogP contribution >= 0.6 is 0 Å². The number of carbonyl (C=O) groups excluding carboxylic acids is 1. The van der Waals surface area contributed by atoms with Crippen molar-refractivity contribution in [1.82, 2.24) is 20.0 Å². The summed E-state index contributed by atoms with van der Waals surface area (Å²) >= 11 is 0. The predicted molar refractivity (Wildman–Crippen MR) is 76.7 cm³/mol. The van der Waals surface area contributed by atoms with Gasteiger partial charge in [-0.25, -0.2) is 0 Å². The highest BCUT2D eigenvalue weighted by Crippen LogP contribution is 2.27. The fourth-order valence-corrected chi connectivity index (χ4v) is 2.40. The van der Waals surface area contributed by atoms with Gasteiger partial charge in [0, 0.05) is 31.4 Å². The van der Waals surface area contributed by atoms with Crippen LogP contribution in [0, 0.1) is 0 Å². The number of nitrogens with one attached hydrogen (secondary N) is 1. The zero-order valence-corrected chi connectivity index (χ0v) is 13.2. The molecule has 0 aliphatic carbocycles. The Morgan fingerprint density at radius 2 is 2.00 bits per heavy atom. The fourth-order valence-electron chi connectivity index (χ4n) is 2.40. The maximum atomic E-state index is 12.5. The Morgan fingerprint density at radius 3 is 2.57 bits per heavy atom. The minimum absolute atomic E-state index is 0.241. The number of carbonyl (C=O) groups is 1. The van der Waals surface area contributed by atoms with Crippen LogP contribution in [0.1, 0.15) is 19.5 Å². The van der Waals surface area contributed by atoms with Gasteiger partial charge in [-0.15, -0.1) is 0 Å². The number of alkyl halides is 3. The lowest BCUT2D eigenvalue weighted by Crippen LogP contribution is -2.55. The molecule has 1 fully saturated rings. The molecule has 1 aliphatic rings. The number of nitrogens with zero attached hydrogens (tertiary/aromatic N) is 3. The minimum Gasteiger partial charge on any atom is -0.379 e. The Hall–Kier alpha value is -1.61. The third-order valence-electron chi connectivity index (χ3n) is 3.82. The molecular weight excluding hydrogens is 313 g/mol. The zero-order valence-electron chi connectivity index (χ0n) is 13.2. The molecule has 6 nitrogen and oxygen atoms in total. The van der Waals surface area contributed by atoms with Crippen molar-refractivity contribution in [3.8, 4) is 0 Å². The Labute approximate surface area is 132 Å². The molecule has 0 atom stereocenters. The van der Waals surface area contributed by atoms with Crippen molar-refractivity contribution in [2.24, 2.45) is 0 Å². The van der Waals surface area contributed by atoms with E-state index in [2.05, 4.69) is 15.3 Å². The van der Waals surface area contributed by atoms with Crippen LogP contribution in [-0.2, 0) is 22.3 Å². The molecule has 0 aromatic carbocycles. The van der Waals surface area contributed by atoms with E-state index in [1.165, 1.54) is 0 Å². The number of morpholine rings is 1. The predicted octanol–water partition coefficient (Wildman–Crippen LogP) is 1.13. The van der Waals surface area contributed by atoms with Gasteiger partial charge in [0.05, 0.1) is 13.2 Å². The number of hydrogen-bond donors (Lipinski definition) is 1. The highest BCUT2D eigenvalue weighted by molar-refractivity contribution is 5.75. The molecule has 0 unspecified atom stereocenters. The van der Waals surface area contributed by atoms with Crippen molar-refractivity contribution in [2.75, 3.05) is 32.8 Å². The summed E-state index contributed by atoms with van der Waals surface area (Å²) in [6, 6.07) is 0.852. The van der Waals surface area contributed by atoms with Gasteiger partial charge < -0.3 is 10.1 Å². The first-order chi connectivity index (χ1) is 10.7. The van der Waals surface area contributed by atoms with Crippen LogP contribution in [-0.4, -0.2) is 59.0 Å². The van der Waals surface area contributed by atoms with Crippen molar-refractivity contribution in [2.45, 2.75) is 32.1 Å². The molecule has 0 saturated carbocycles. The molecule has 0 radical (unpaired) electrons. The van der Waals surface area contributed by atoms with Gasteiger partial charge in [0.25, 0.3) is 0 Å². The van der Waals surface area contributed by atoms with E-state index in [4.69, 9.17) is 4.74 Å². The molecule has 1 aromatic heterocycles. The van der Waals surface area contributed by atoms with Crippen LogP contribution in [0.5, 0.6) is 0 Å². The summed E-state index contributed by atoms with van der Waals surface area (Å²) in [6.45, 7) is 7.07. The van der Waals surface area contributed by atoms with Crippen LogP contribution in [0.3, 0.4) is 0 Å². The Kier molecular flexibility index (Phi) is 5.30. The van der Waals surface area contributed by atoms with Gasteiger partial charge in [0.2, 0.25) is 5.91 Å². The SMILES string of the molecule is CC(C)(CNC(=O)Cn1ccc(C(F)(F)F)n1)N1CCOCC1. The second kappa shape index (κ2) is 6.88. The third kappa shape index (κ3) is 4.93. The Balaban J connectivity index is 1.83. The number of rotatable bonds is 5. The minimum atomic E-state index is -4.50. The van der Waals surface area contributed by atoms with Crippen LogP contribution in [0.4, 0.5) is 13.2 Å². The first-order valence-corrected chi connectivity index (χ1v) is 7.39. The van der Waals surface area contributed by atoms with E-state index in [9.17, 15) is 18.0 Å². The number of hydrogen-bond acceptors (Lipinski definition) is 4. The van der Waals surface area contributed by atoms with Gasteiger partial charge in [-0.2, -0.15) is 18.3 Å². The third-order valence-corrected chi connectivity index (χ3v) is 3.82. The quantitative estimate of drug-likeness (QED) is 0.877. The summed E-state index contributed by atoms with van der Waals surface area (Å²) in [5, 5.41) is 6.11. The lowest BCUT2D eigenvalue weighted by atomic mass is 10.0. The molecule has 1 saturated heterocycles. The van der Waals surface area contributed by atoms with Gasteiger partial charge in [-0.1, -0.05) is 0 Å². The van der Waals surface area contributed by atoms with Gasteiger partial charge >= 0.3 is 6.18 Å². The molecule has 2 rings (SSSR count). The van der Waals surface area contributed by atoms with Crippen molar-refractivity contribution < 1.29 is 22.7 Å². The van der Waals surface area contributed by atoms with E-state index < -0.39 is 11.9 Å². The molecule has 2 heterocycles. The van der Waals surface area contributed by atoms with Crippen molar-refractivity contribution in [1.29, 1.82) is 0 Å². The topological polar surface area (TPSA) is 59.4 Å². The number of ether oxygens (including phenoxy) is 1. The highest BCUT2D eigenvalue weighted by Gasteiger charge is 2.33. The first kappa shape index (κ1) is 17.7. The molecular formula is C14H21F3N4O2. The van der Waals surface area contributed by atoms with E-state index in [-0.39, 0.29) is 18.0 Å². The monoisotopic (exact) mass is 334 g/mol. The second-order valence-corrected chi connectivity index (χ2v) is 6.08. The number of aromatic nitrogens is 2. The summed E-state index contributed by atoms with van der Waals surface area (Å²) < 4.78 is 43.7. The standard InChI is InChI=1S/C14H21F3N4O2/c1-13(2,20-5-7-23-8-6-20)10-18-12(22)9-21-4-3-11(19-21)14(15,16)17/h3-4H,5-10H2,1-2H3,(H,18,22). The molecule has 0 spiro atoms. The highest BCUT2D eigenvalue weighted by atomic mass is 19.4. The maximum Gasteiger partial charge on any atom is 0.435 e. The van der Waals surface area contributed by atoms with Gasteiger partial charge in [0.15, 0.2) is 5.69 Å². The summed E-state index contributed by atoms with van der Waals surface area (Å²) in [6.07, 6.45) is -3.35. The average molecular weight is 334 g/mol. The van der Waals surface area contributed by atoms with E-state index in [0.717, 1.165) is 30.0 Å². The number of amides is 1. The largest absolute Gasteiger partial charge is 0.435 e. The normalized spacial score (nSPS) is 17.3. The Morgan fingerprint density at radius 1 is 1.35 bits per heavy atom. The van der Waals surface area contributed by atoms with E-state index in [1.807, 2.05) is 13.8 Å². The van der Waals surface area contributed by atoms with Crippen LogP contribution in [0.2, 0.25) is 0 Å². The fraction of sp³-hybridized carbons (Fsp3) is 0.714. The van der Waals surface area contributed by atoms with E-state index in [1.54, 1.807) is 0 Å². The first-order valence-electron chi connectivity index (χ1n) is 7.39. The average Bonchev–Trinajstić information content (AvgIpc) is 2.95. The summed E-state index contributed by atoms with van der Waals surface area (Å²) in [5.41, 5.74) is -1.25. The lowest BCUT2D eigenvalue weighted by Gasteiger charge is -2.40. The molecule has 1 N–H and O–H groups in total. The smallest absolute Gasteiger partial charge is 0.379 e. The van der Waals surface area contributed by atoms with Crippen LogP contribution in [0.15, 0.2) is 12.3 Å². The molecule has 23 heavy (non-hydrogen) atoms. The molecule has 1 aliphatic heterocycles. The zero-order chi connectivity index (χ0) is 17.1. The summed E-state index contributed by atoms with van der Waals surface area (Å²) in [5.74, 6) is -0.372. The summed E-state index contributed by atoms with van der Waals surface area (Å²) in [4.78, 5) is 14.1. The number of halogens is 3. The van der Waals surface area contributed by atoms with Gasteiger partial charge in [-0.05, 0) is 19.9 Å². The van der Waals surface area contributed by atoms with Crippen molar-refractivity contribution >= 4 is 5.91 Å². The van der Waals surface area contributed by atoms with Gasteiger partial charge in [-0.3, -0.25) is 14.4 Å². The van der Waals surface area contributed by atoms with Crippen molar-refractivity contribution in [3.63, 3.8) is 0 Å². The molecule has 1 aromatic rings. The van der Waals surface area contributed by atoms with E-state index >= 15 is 0 Å². The van der Waals surface area contributed by atoms with Crippen LogP contribution < -0.4 is 5.32 Å². The van der Waals surface area contributed by atoms with Crippen LogP contribution in [0.25, 0.3) is 0 Å². The second-order valence-electron chi connectivity index (χ2n) is 6.08. The molecule has 0 bridgehead atoms. The summed E-state index contributed by atoms with van der Waals surface area (Å²) in [7, 11) is 0. The maximum absolute atomic E-state index is 12.5. The molecule has 130 valence electrons. The van der Waals surface area contributed by atoms with Gasteiger partial charge in [0.1, 0.15) is 6.54 Å². The Bertz CT molecular complexity index is 536. The lowest BCUT2D eigenvalue weighted by molar-refractivity contribution is -0.141. The van der Waals surface area contributed by atoms with Crippen molar-refractivity contribution in [3.05, 3.63) is 18.0 Å². The van der Waals surface area contributed by atoms with E-state index in [0.29, 0.717) is 19.8 Å². The molecule has 1 amide bonds.